The van der Waals surface area contributed by atoms with Gasteiger partial charge in [-0.05, 0) is 120 Å². The molecule has 0 saturated heterocycles. The third kappa shape index (κ3) is 6.04. The van der Waals surface area contributed by atoms with Crippen LogP contribution in [-0.2, 0) is 0 Å². The second-order valence-corrected chi connectivity index (χ2v) is 16.0. The summed E-state index contributed by atoms with van der Waals surface area (Å²) in [6.07, 6.45) is 0. The van der Waals surface area contributed by atoms with Gasteiger partial charge in [0, 0.05) is 33.2 Å². The first kappa shape index (κ1) is 35.7. The monoisotopic (exact) mass is 789 g/mol. The average molecular weight is 790 g/mol. The molecule has 12 aromatic rings. The third-order valence-electron chi connectivity index (χ3n) is 12.5. The van der Waals surface area contributed by atoms with Gasteiger partial charge in [-0.25, -0.2) is 0 Å². The fourth-order valence-corrected chi connectivity index (χ4v) is 9.48. The van der Waals surface area contributed by atoms with Crippen LogP contribution in [-0.4, -0.2) is 0 Å². The zero-order chi connectivity index (χ0) is 41.0. The number of benzene rings is 11. The lowest BCUT2D eigenvalue weighted by Gasteiger charge is -2.26. The highest BCUT2D eigenvalue weighted by Crippen LogP contribution is 2.47. The fourth-order valence-electron chi connectivity index (χ4n) is 9.48. The quantitative estimate of drug-likeness (QED) is 0.150. The molecule has 1 aromatic heterocycles. The topological polar surface area (TPSA) is 16.4 Å². The highest BCUT2D eigenvalue weighted by atomic mass is 16.3. The van der Waals surface area contributed by atoms with Gasteiger partial charge in [-0.1, -0.05) is 188 Å². The average Bonchev–Trinajstić information content (AvgIpc) is 3.75. The number of anilines is 3. The maximum atomic E-state index is 7.06. The van der Waals surface area contributed by atoms with Crippen molar-refractivity contribution in [2.24, 2.45) is 0 Å². The zero-order valence-corrected chi connectivity index (χ0v) is 33.9. The Kier molecular flexibility index (Phi) is 8.53. The number of fused-ring (bicyclic) bond motifs is 9. The predicted molar refractivity (Wildman–Crippen MR) is 263 cm³/mol. The molecule has 0 atom stereocenters. The SMILES string of the molecule is c1ccc(-c2ccc(N(c3ccc(-c4ccccc4)cc3)c3ccc(-c4cc(-c5cccc6ccccc56)c5c(c4)oc4c6ccccc6c6ccccc6c45)cc3)cc2)cc1. The van der Waals surface area contributed by atoms with Crippen LogP contribution in [0, 0.1) is 0 Å². The molecule has 0 radical (unpaired) electrons. The van der Waals surface area contributed by atoms with Gasteiger partial charge in [0.1, 0.15) is 11.2 Å². The van der Waals surface area contributed by atoms with Gasteiger partial charge in [0.25, 0.3) is 0 Å². The molecule has 62 heavy (non-hydrogen) atoms. The molecular formula is C60H39NO. The van der Waals surface area contributed by atoms with Gasteiger partial charge in [-0.3, -0.25) is 0 Å². The number of rotatable bonds is 7. The Morgan fingerprint density at radius 1 is 0.274 bits per heavy atom. The molecule has 11 aromatic carbocycles. The molecule has 0 N–H and O–H groups in total. The molecule has 0 aliphatic rings. The lowest BCUT2D eigenvalue weighted by atomic mass is 9.89. The minimum Gasteiger partial charge on any atom is -0.455 e. The molecule has 0 spiro atoms. The molecule has 0 unspecified atom stereocenters. The largest absolute Gasteiger partial charge is 0.455 e. The van der Waals surface area contributed by atoms with Crippen LogP contribution in [0.2, 0.25) is 0 Å². The van der Waals surface area contributed by atoms with E-state index in [2.05, 4.69) is 241 Å². The first-order valence-electron chi connectivity index (χ1n) is 21.2. The van der Waals surface area contributed by atoms with Gasteiger partial charge in [0.2, 0.25) is 0 Å². The first-order chi connectivity index (χ1) is 30.7. The predicted octanol–water partition coefficient (Wildman–Crippen LogP) is 17.2. The highest BCUT2D eigenvalue weighted by Gasteiger charge is 2.22. The molecule has 0 saturated carbocycles. The Labute approximate surface area is 360 Å². The maximum absolute atomic E-state index is 7.06. The van der Waals surface area contributed by atoms with E-state index in [0.29, 0.717) is 0 Å². The number of furan rings is 1. The van der Waals surface area contributed by atoms with Crippen molar-refractivity contribution in [1.29, 1.82) is 0 Å². The van der Waals surface area contributed by atoms with Crippen LogP contribution in [0.15, 0.2) is 241 Å². The summed E-state index contributed by atoms with van der Waals surface area (Å²) in [6, 6.07) is 85.2. The maximum Gasteiger partial charge on any atom is 0.143 e. The van der Waals surface area contributed by atoms with E-state index in [1.54, 1.807) is 0 Å². The van der Waals surface area contributed by atoms with Crippen molar-refractivity contribution in [2.45, 2.75) is 0 Å². The summed E-state index contributed by atoms with van der Waals surface area (Å²) < 4.78 is 7.06. The molecule has 0 amide bonds. The Bertz CT molecular complexity index is 3500. The van der Waals surface area contributed by atoms with Crippen LogP contribution in [0.1, 0.15) is 0 Å². The Morgan fingerprint density at radius 2 is 0.710 bits per heavy atom. The Hall–Kier alpha value is -8.20. The zero-order valence-electron chi connectivity index (χ0n) is 33.9. The van der Waals surface area contributed by atoms with Crippen molar-refractivity contribution >= 4 is 71.3 Å². The summed E-state index contributed by atoms with van der Waals surface area (Å²) in [4.78, 5) is 2.34. The van der Waals surface area contributed by atoms with Crippen molar-refractivity contribution in [3.63, 3.8) is 0 Å². The third-order valence-corrected chi connectivity index (χ3v) is 12.5. The minimum atomic E-state index is 0.879. The first-order valence-corrected chi connectivity index (χ1v) is 21.2. The molecule has 2 heteroatoms. The standard InChI is InChI=1S/C60H39NO/c1-3-14-40(15-4-1)42-26-32-47(33-27-42)61(48-34-28-43(29-35-48)41-16-5-2-6-17-41)49-36-30-44(31-37-49)46-38-56(51-25-13-19-45-18-7-8-20-50(45)51)58-57(39-46)62-60-55-24-12-10-22-53(55)52-21-9-11-23-54(52)59(58)60/h1-39H. The van der Waals surface area contributed by atoms with Crippen LogP contribution in [0.3, 0.4) is 0 Å². The summed E-state index contributed by atoms with van der Waals surface area (Å²) in [5, 5.41) is 9.49. The van der Waals surface area contributed by atoms with E-state index in [1.807, 2.05) is 0 Å². The van der Waals surface area contributed by atoms with E-state index in [1.165, 1.54) is 54.7 Å². The van der Waals surface area contributed by atoms with Gasteiger partial charge >= 0.3 is 0 Å². The van der Waals surface area contributed by atoms with E-state index in [-0.39, 0.29) is 0 Å². The Balaban J connectivity index is 1.03. The molecule has 1 heterocycles. The minimum absolute atomic E-state index is 0.879. The summed E-state index contributed by atoms with van der Waals surface area (Å²) >= 11 is 0. The molecule has 290 valence electrons. The second-order valence-electron chi connectivity index (χ2n) is 16.0. The van der Waals surface area contributed by atoms with Crippen molar-refractivity contribution < 1.29 is 4.42 Å². The number of hydrogen-bond donors (Lipinski definition) is 0. The lowest BCUT2D eigenvalue weighted by molar-refractivity contribution is 0.673. The van der Waals surface area contributed by atoms with Gasteiger partial charge in [-0.15, -0.1) is 0 Å². The summed E-state index contributed by atoms with van der Waals surface area (Å²) in [5.41, 5.74) is 14.4. The van der Waals surface area contributed by atoms with Gasteiger partial charge in [0.05, 0.1) is 0 Å². The van der Waals surface area contributed by atoms with E-state index in [0.717, 1.165) is 61.1 Å². The van der Waals surface area contributed by atoms with Crippen molar-refractivity contribution in [3.05, 3.63) is 237 Å². The van der Waals surface area contributed by atoms with Crippen molar-refractivity contribution in [3.8, 4) is 44.5 Å². The van der Waals surface area contributed by atoms with Crippen LogP contribution in [0.5, 0.6) is 0 Å². The van der Waals surface area contributed by atoms with Gasteiger partial charge < -0.3 is 9.32 Å². The molecule has 2 nitrogen and oxygen atoms in total. The van der Waals surface area contributed by atoms with E-state index in [9.17, 15) is 0 Å². The second kappa shape index (κ2) is 14.8. The van der Waals surface area contributed by atoms with E-state index >= 15 is 0 Å². The molecule has 0 fully saturated rings. The number of nitrogens with zero attached hydrogens (tertiary/aromatic N) is 1. The normalized spacial score (nSPS) is 11.5. The molecule has 12 rings (SSSR count). The van der Waals surface area contributed by atoms with Gasteiger partial charge in [-0.2, -0.15) is 0 Å². The van der Waals surface area contributed by atoms with Gasteiger partial charge in [0.15, 0.2) is 0 Å². The van der Waals surface area contributed by atoms with Crippen molar-refractivity contribution in [1.82, 2.24) is 0 Å². The summed E-state index contributed by atoms with van der Waals surface area (Å²) in [6.45, 7) is 0. The molecule has 0 aliphatic heterocycles. The van der Waals surface area contributed by atoms with Crippen LogP contribution in [0.25, 0.3) is 98.8 Å². The van der Waals surface area contributed by atoms with E-state index in [4.69, 9.17) is 4.42 Å². The Morgan fingerprint density at radius 3 is 1.29 bits per heavy atom. The fraction of sp³-hybridized carbons (Fsp3) is 0. The molecule has 0 bridgehead atoms. The molecular weight excluding hydrogens is 751 g/mol. The summed E-state index contributed by atoms with van der Waals surface area (Å²) in [5.74, 6) is 0. The van der Waals surface area contributed by atoms with Crippen LogP contribution < -0.4 is 4.90 Å². The lowest BCUT2D eigenvalue weighted by Crippen LogP contribution is -2.09. The summed E-state index contributed by atoms with van der Waals surface area (Å²) in [7, 11) is 0. The molecule has 0 aliphatic carbocycles. The van der Waals surface area contributed by atoms with Crippen molar-refractivity contribution in [2.75, 3.05) is 4.90 Å². The number of hydrogen-bond acceptors (Lipinski definition) is 2. The van der Waals surface area contributed by atoms with Crippen LogP contribution in [0.4, 0.5) is 17.1 Å². The highest BCUT2D eigenvalue weighted by molar-refractivity contribution is 6.32. The smallest absolute Gasteiger partial charge is 0.143 e. The van der Waals surface area contributed by atoms with Crippen LogP contribution >= 0.6 is 0 Å². The van der Waals surface area contributed by atoms with E-state index < -0.39 is 0 Å².